The number of ether oxygens (including phenoxy) is 1. The van der Waals surface area contributed by atoms with Gasteiger partial charge in [0.15, 0.2) is 0 Å². The van der Waals surface area contributed by atoms with Crippen LogP contribution in [0.25, 0.3) is 0 Å². The van der Waals surface area contributed by atoms with Crippen LogP contribution < -0.4 is 0 Å². The summed E-state index contributed by atoms with van der Waals surface area (Å²) in [5.74, 6) is -0.432. The Kier molecular flexibility index (Phi) is 4.37. The number of hydrogen-bond donors (Lipinski definition) is 1. The molecular formula is C13H16ClFO2. The maximum atomic E-state index is 13.0. The summed E-state index contributed by atoms with van der Waals surface area (Å²) in [6, 6.07) is 4.53. The molecular weight excluding hydrogens is 243 g/mol. The molecule has 1 aromatic carbocycles. The Morgan fingerprint density at radius 1 is 1.47 bits per heavy atom. The Hall–Kier alpha value is -0.640. The molecule has 1 saturated heterocycles. The Morgan fingerprint density at radius 2 is 2.29 bits per heavy atom. The lowest BCUT2D eigenvalue weighted by atomic mass is 9.98. The van der Waals surface area contributed by atoms with E-state index in [9.17, 15) is 9.50 Å². The average Bonchev–Trinajstić information content (AvgIpc) is 2.35. The fraction of sp³-hybridized carbons (Fsp3) is 0.538. The summed E-state index contributed by atoms with van der Waals surface area (Å²) < 4.78 is 18.5. The van der Waals surface area contributed by atoms with Crippen molar-refractivity contribution < 1.29 is 14.2 Å². The van der Waals surface area contributed by atoms with Crippen molar-refractivity contribution in [3.63, 3.8) is 0 Å². The van der Waals surface area contributed by atoms with Gasteiger partial charge in [-0.15, -0.1) is 0 Å². The molecule has 2 unspecified atom stereocenters. The van der Waals surface area contributed by atoms with Gasteiger partial charge in [-0.05, 0) is 37.0 Å². The fourth-order valence-electron chi connectivity index (χ4n) is 2.11. The summed E-state index contributed by atoms with van der Waals surface area (Å²) in [5.41, 5.74) is 0.832. The number of hydrogen-bond acceptors (Lipinski definition) is 2. The van der Waals surface area contributed by atoms with Gasteiger partial charge in [-0.2, -0.15) is 0 Å². The first-order chi connectivity index (χ1) is 8.16. The lowest BCUT2D eigenvalue weighted by Gasteiger charge is -2.27. The molecule has 0 spiro atoms. The minimum Gasteiger partial charge on any atom is -0.390 e. The molecule has 2 nitrogen and oxygen atoms in total. The van der Waals surface area contributed by atoms with E-state index in [1.54, 1.807) is 12.1 Å². The highest BCUT2D eigenvalue weighted by molar-refractivity contribution is 6.30. The van der Waals surface area contributed by atoms with Gasteiger partial charge >= 0.3 is 0 Å². The highest BCUT2D eigenvalue weighted by Gasteiger charge is 2.22. The smallest absolute Gasteiger partial charge is 0.141 e. The van der Waals surface area contributed by atoms with E-state index >= 15 is 0 Å². The second-order valence-electron chi connectivity index (χ2n) is 4.42. The first-order valence-electron chi connectivity index (χ1n) is 5.90. The van der Waals surface area contributed by atoms with Crippen molar-refractivity contribution in [1.29, 1.82) is 0 Å². The molecule has 0 aliphatic carbocycles. The molecule has 1 aromatic rings. The van der Waals surface area contributed by atoms with Crippen LogP contribution in [0.3, 0.4) is 0 Å². The fourth-order valence-corrected chi connectivity index (χ4v) is 2.31. The molecule has 1 aliphatic heterocycles. The third-order valence-corrected chi connectivity index (χ3v) is 3.36. The van der Waals surface area contributed by atoms with E-state index < -0.39 is 11.9 Å². The summed E-state index contributed by atoms with van der Waals surface area (Å²) in [4.78, 5) is 0. The maximum absolute atomic E-state index is 13.0. The summed E-state index contributed by atoms with van der Waals surface area (Å²) in [5, 5.41) is 10.1. The first-order valence-corrected chi connectivity index (χ1v) is 6.28. The molecule has 1 heterocycles. The van der Waals surface area contributed by atoms with Crippen molar-refractivity contribution in [2.45, 2.75) is 37.9 Å². The summed E-state index contributed by atoms with van der Waals surface area (Å²) >= 11 is 5.70. The highest BCUT2D eigenvalue weighted by atomic mass is 35.5. The number of halogens is 2. The van der Waals surface area contributed by atoms with Gasteiger partial charge in [-0.25, -0.2) is 4.39 Å². The Bertz CT molecular complexity index is 378. The number of aliphatic hydroxyl groups is 1. The van der Waals surface area contributed by atoms with Crippen LogP contribution in [0.2, 0.25) is 5.02 Å². The van der Waals surface area contributed by atoms with Crippen molar-refractivity contribution >= 4 is 11.6 Å². The average molecular weight is 259 g/mol. The van der Waals surface area contributed by atoms with Crippen molar-refractivity contribution in [3.8, 4) is 0 Å². The van der Waals surface area contributed by atoms with Crippen LogP contribution >= 0.6 is 11.6 Å². The van der Waals surface area contributed by atoms with Gasteiger partial charge in [-0.3, -0.25) is 0 Å². The van der Waals surface area contributed by atoms with Gasteiger partial charge in [0.05, 0.1) is 17.2 Å². The molecule has 17 heavy (non-hydrogen) atoms. The normalized spacial score (nSPS) is 22.4. The molecule has 1 N–H and O–H groups in total. The molecule has 1 aliphatic rings. The molecule has 94 valence electrons. The zero-order chi connectivity index (χ0) is 12.3. The van der Waals surface area contributed by atoms with Gasteiger partial charge in [0.25, 0.3) is 0 Å². The number of aliphatic hydroxyl groups excluding tert-OH is 1. The van der Waals surface area contributed by atoms with Crippen LogP contribution in [-0.4, -0.2) is 23.9 Å². The molecule has 0 saturated carbocycles. The lowest BCUT2D eigenvalue weighted by molar-refractivity contribution is -0.0611. The van der Waals surface area contributed by atoms with Crippen molar-refractivity contribution in [2.75, 3.05) is 6.61 Å². The Labute approximate surface area is 105 Å². The maximum Gasteiger partial charge on any atom is 0.141 e. The van der Waals surface area contributed by atoms with Crippen molar-refractivity contribution in [2.24, 2.45) is 0 Å². The first kappa shape index (κ1) is 12.8. The number of rotatable bonds is 3. The molecule has 0 amide bonds. The molecule has 2 rings (SSSR count). The zero-order valence-electron chi connectivity index (χ0n) is 9.53. The standard InChI is InChI=1S/C13H16ClFO2/c14-10-7-9(4-5-11(10)15)8-12(16)13-3-1-2-6-17-13/h4-5,7,12-13,16H,1-3,6,8H2. The van der Waals surface area contributed by atoms with E-state index in [4.69, 9.17) is 16.3 Å². The predicted molar refractivity (Wildman–Crippen MR) is 64.7 cm³/mol. The van der Waals surface area contributed by atoms with Crippen LogP contribution in [0.4, 0.5) is 4.39 Å². The molecule has 0 radical (unpaired) electrons. The highest BCUT2D eigenvalue weighted by Crippen LogP contribution is 2.21. The van der Waals surface area contributed by atoms with Crippen LogP contribution in [0.15, 0.2) is 18.2 Å². The van der Waals surface area contributed by atoms with Gasteiger partial charge in [0.1, 0.15) is 5.82 Å². The third-order valence-electron chi connectivity index (χ3n) is 3.07. The number of benzene rings is 1. The largest absolute Gasteiger partial charge is 0.390 e. The molecule has 1 fully saturated rings. The van der Waals surface area contributed by atoms with E-state index in [1.165, 1.54) is 6.07 Å². The van der Waals surface area contributed by atoms with Gasteiger partial charge in [0.2, 0.25) is 0 Å². The van der Waals surface area contributed by atoms with E-state index in [-0.39, 0.29) is 11.1 Å². The third kappa shape index (κ3) is 3.41. The zero-order valence-corrected chi connectivity index (χ0v) is 10.3. The Morgan fingerprint density at radius 3 is 2.94 bits per heavy atom. The molecule has 0 aromatic heterocycles. The molecule has 4 heteroatoms. The van der Waals surface area contributed by atoms with E-state index in [2.05, 4.69) is 0 Å². The lowest BCUT2D eigenvalue weighted by Crippen LogP contribution is -2.33. The van der Waals surface area contributed by atoms with E-state index in [0.29, 0.717) is 13.0 Å². The van der Waals surface area contributed by atoms with Crippen molar-refractivity contribution in [3.05, 3.63) is 34.6 Å². The summed E-state index contributed by atoms with van der Waals surface area (Å²) in [6.07, 6.45) is 2.84. The molecule has 0 bridgehead atoms. The minimum absolute atomic E-state index is 0.0965. The predicted octanol–water partition coefficient (Wildman–Crippen LogP) is 2.95. The Balaban J connectivity index is 1.96. The van der Waals surface area contributed by atoms with Crippen LogP contribution in [0, 0.1) is 5.82 Å². The topological polar surface area (TPSA) is 29.5 Å². The van der Waals surface area contributed by atoms with Gasteiger partial charge < -0.3 is 9.84 Å². The van der Waals surface area contributed by atoms with Crippen LogP contribution in [0.5, 0.6) is 0 Å². The second kappa shape index (κ2) is 5.80. The monoisotopic (exact) mass is 258 g/mol. The van der Waals surface area contributed by atoms with E-state index in [0.717, 1.165) is 24.8 Å². The summed E-state index contributed by atoms with van der Waals surface area (Å²) in [6.45, 7) is 0.714. The van der Waals surface area contributed by atoms with Crippen LogP contribution in [-0.2, 0) is 11.2 Å². The molecule has 2 atom stereocenters. The van der Waals surface area contributed by atoms with Gasteiger partial charge in [0, 0.05) is 13.0 Å². The van der Waals surface area contributed by atoms with E-state index in [1.807, 2.05) is 0 Å². The van der Waals surface area contributed by atoms with Gasteiger partial charge in [-0.1, -0.05) is 17.7 Å². The second-order valence-corrected chi connectivity index (χ2v) is 4.83. The van der Waals surface area contributed by atoms with Crippen molar-refractivity contribution in [1.82, 2.24) is 0 Å². The SMILES string of the molecule is OC(Cc1ccc(F)c(Cl)c1)C1CCCCO1. The van der Waals surface area contributed by atoms with Crippen LogP contribution in [0.1, 0.15) is 24.8 Å². The quantitative estimate of drug-likeness (QED) is 0.903. The summed E-state index contributed by atoms with van der Waals surface area (Å²) in [7, 11) is 0. The minimum atomic E-state index is -0.545.